The summed E-state index contributed by atoms with van der Waals surface area (Å²) in [6.45, 7) is 7.00. The Morgan fingerprint density at radius 3 is 2.67 bits per heavy atom. The number of amides is 1. The number of methoxy groups -OCH3 is 1. The molecule has 0 aliphatic carbocycles. The predicted molar refractivity (Wildman–Crippen MR) is 128 cm³/mol. The second kappa shape index (κ2) is 10.3. The quantitative estimate of drug-likeness (QED) is 0.405. The van der Waals surface area contributed by atoms with Crippen LogP contribution in [-0.2, 0) is 21.2 Å². The molecule has 0 saturated carbocycles. The molecule has 0 radical (unpaired) electrons. The number of allylic oxidation sites excluding steroid dienone is 1. The Morgan fingerprint density at radius 1 is 1.24 bits per heavy atom. The SMILES string of the molecule is C=CCn1c(SCC(=O)N2CCN(C3CCS(=O)(=O)C3)CC2)nnc1-c1ccccc1OC. The molecule has 1 atom stereocenters. The van der Waals surface area contributed by atoms with Crippen molar-refractivity contribution in [3.05, 3.63) is 36.9 Å². The van der Waals surface area contributed by atoms with Gasteiger partial charge in [-0.25, -0.2) is 8.42 Å². The molecule has 2 fully saturated rings. The van der Waals surface area contributed by atoms with E-state index < -0.39 is 9.84 Å². The van der Waals surface area contributed by atoms with Crippen molar-refractivity contribution in [1.29, 1.82) is 0 Å². The summed E-state index contributed by atoms with van der Waals surface area (Å²) in [4.78, 5) is 16.9. The van der Waals surface area contributed by atoms with E-state index in [9.17, 15) is 13.2 Å². The van der Waals surface area contributed by atoms with E-state index in [1.165, 1.54) is 11.8 Å². The molecule has 4 rings (SSSR count). The van der Waals surface area contributed by atoms with Gasteiger partial charge in [0, 0.05) is 38.8 Å². The van der Waals surface area contributed by atoms with Crippen LogP contribution >= 0.6 is 11.8 Å². The second-order valence-electron chi connectivity index (χ2n) is 8.17. The molecule has 1 aromatic heterocycles. The summed E-state index contributed by atoms with van der Waals surface area (Å²) < 4.78 is 30.9. The first kappa shape index (κ1) is 23.8. The van der Waals surface area contributed by atoms with Gasteiger partial charge in [-0.05, 0) is 18.6 Å². The van der Waals surface area contributed by atoms with Crippen molar-refractivity contribution in [2.75, 3.05) is 50.5 Å². The van der Waals surface area contributed by atoms with Crippen LogP contribution in [0.1, 0.15) is 6.42 Å². The van der Waals surface area contributed by atoms with Crippen LogP contribution in [0, 0.1) is 0 Å². The molecule has 11 heteroatoms. The Bertz CT molecular complexity index is 1110. The van der Waals surface area contributed by atoms with Crippen LogP contribution in [0.3, 0.4) is 0 Å². The molecule has 1 amide bonds. The summed E-state index contributed by atoms with van der Waals surface area (Å²) in [7, 11) is -1.28. The Hall–Kier alpha value is -2.37. The molecule has 2 aliphatic rings. The van der Waals surface area contributed by atoms with Gasteiger partial charge in [0.05, 0.1) is 29.9 Å². The number of para-hydroxylation sites is 1. The number of hydrogen-bond donors (Lipinski definition) is 0. The van der Waals surface area contributed by atoms with E-state index in [1.807, 2.05) is 33.7 Å². The van der Waals surface area contributed by atoms with E-state index in [0.29, 0.717) is 55.9 Å². The molecule has 33 heavy (non-hydrogen) atoms. The molecule has 1 aromatic carbocycles. The van der Waals surface area contributed by atoms with Crippen LogP contribution in [-0.4, -0.2) is 95.5 Å². The van der Waals surface area contributed by atoms with E-state index in [-0.39, 0.29) is 29.2 Å². The predicted octanol–water partition coefficient (Wildman–Crippen LogP) is 1.56. The molecule has 9 nitrogen and oxygen atoms in total. The van der Waals surface area contributed by atoms with Gasteiger partial charge in [0.15, 0.2) is 20.8 Å². The lowest BCUT2D eigenvalue weighted by Crippen LogP contribution is -2.52. The van der Waals surface area contributed by atoms with Crippen molar-refractivity contribution in [3.63, 3.8) is 0 Å². The lowest BCUT2D eigenvalue weighted by atomic mass is 10.2. The minimum absolute atomic E-state index is 0.0469. The molecule has 1 unspecified atom stereocenters. The number of nitrogens with zero attached hydrogens (tertiary/aromatic N) is 5. The average Bonchev–Trinajstić information content (AvgIpc) is 3.40. The number of thioether (sulfide) groups is 1. The Labute approximate surface area is 198 Å². The smallest absolute Gasteiger partial charge is 0.233 e. The second-order valence-corrected chi connectivity index (χ2v) is 11.3. The van der Waals surface area contributed by atoms with Crippen LogP contribution in [0.5, 0.6) is 5.75 Å². The summed E-state index contributed by atoms with van der Waals surface area (Å²) in [6, 6.07) is 7.71. The maximum Gasteiger partial charge on any atom is 0.233 e. The first-order valence-corrected chi connectivity index (χ1v) is 13.7. The maximum atomic E-state index is 12.8. The first-order valence-electron chi connectivity index (χ1n) is 10.9. The number of piperazine rings is 1. The number of aromatic nitrogens is 3. The van der Waals surface area contributed by atoms with Gasteiger partial charge in [-0.15, -0.1) is 16.8 Å². The number of hydrogen-bond acceptors (Lipinski definition) is 8. The average molecular weight is 492 g/mol. The molecule has 0 bridgehead atoms. The number of benzene rings is 1. The molecule has 0 spiro atoms. The molecule has 2 aliphatic heterocycles. The van der Waals surface area contributed by atoms with E-state index >= 15 is 0 Å². The third-order valence-electron chi connectivity index (χ3n) is 6.09. The number of rotatable bonds is 8. The summed E-state index contributed by atoms with van der Waals surface area (Å²) in [6.07, 6.45) is 2.47. The van der Waals surface area contributed by atoms with Gasteiger partial charge in [0.1, 0.15) is 5.75 Å². The van der Waals surface area contributed by atoms with Crippen LogP contribution in [0.25, 0.3) is 11.4 Å². The van der Waals surface area contributed by atoms with E-state index in [2.05, 4.69) is 21.7 Å². The van der Waals surface area contributed by atoms with Gasteiger partial charge < -0.3 is 9.64 Å². The molecular formula is C22H29N5O4S2. The standard InChI is InChI=1S/C22H29N5O4S2/c1-3-9-27-21(18-6-4-5-7-19(18)31-2)23-24-22(27)32-15-20(28)26-12-10-25(11-13-26)17-8-14-33(29,30)16-17/h3-7,17H,1,8-16H2,2H3. The van der Waals surface area contributed by atoms with Crippen LogP contribution in [0.15, 0.2) is 42.1 Å². The van der Waals surface area contributed by atoms with Crippen molar-refractivity contribution in [2.24, 2.45) is 0 Å². The monoisotopic (exact) mass is 491 g/mol. The zero-order chi connectivity index (χ0) is 23.4. The Kier molecular flexibility index (Phi) is 7.40. The third-order valence-corrected chi connectivity index (χ3v) is 8.79. The Balaban J connectivity index is 1.37. The van der Waals surface area contributed by atoms with Crippen molar-refractivity contribution < 1.29 is 17.9 Å². The summed E-state index contributed by atoms with van der Waals surface area (Å²) >= 11 is 1.36. The highest BCUT2D eigenvalue weighted by Crippen LogP contribution is 2.31. The molecule has 2 aromatic rings. The maximum absolute atomic E-state index is 12.8. The van der Waals surface area contributed by atoms with Crippen LogP contribution in [0.4, 0.5) is 0 Å². The van der Waals surface area contributed by atoms with Gasteiger partial charge >= 0.3 is 0 Å². The fraction of sp³-hybridized carbons (Fsp3) is 0.500. The number of sulfone groups is 1. The fourth-order valence-electron chi connectivity index (χ4n) is 4.34. The largest absolute Gasteiger partial charge is 0.496 e. The number of carbonyl (C=O) groups excluding carboxylic acids is 1. The van der Waals surface area contributed by atoms with Gasteiger partial charge in [0.2, 0.25) is 5.91 Å². The highest BCUT2D eigenvalue weighted by molar-refractivity contribution is 7.99. The minimum Gasteiger partial charge on any atom is -0.496 e. The van der Waals surface area contributed by atoms with Gasteiger partial charge in [-0.2, -0.15) is 0 Å². The normalized spacial score (nSPS) is 20.6. The highest BCUT2D eigenvalue weighted by atomic mass is 32.2. The highest BCUT2D eigenvalue weighted by Gasteiger charge is 2.34. The van der Waals surface area contributed by atoms with Crippen LogP contribution < -0.4 is 4.74 Å². The Morgan fingerprint density at radius 2 is 2.00 bits per heavy atom. The van der Waals surface area contributed by atoms with Gasteiger partial charge in [-0.3, -0.25) is 14.3 Å². The zero-order valence-corrected chi connectivity index (χ0v) is 20.4. The first-order chi connectivity index (χ1) is 15.9. The fourth-order valence-corrected chi connectivity index (χ4v) is 6.95. The third kappa shape index (κ3) is 5.42. The van der Waals surface area contributed by atoms with Crippen molar-refractivity contribution in [1.82, 2.24) is 24.6 Å². The molecule has 0 N–H and O–H groups in total. The number of ether oxygens (including phenoxy) is 1. The molecule has 3 heterocycles. The van der Waals surface area contributed by atoms with Gasteiger partial charge in [0.25, 0.3) is 0 Å². The molecule has 2 saturated heterocycles. The van der Waals surface area contributed by atoms with Gasteiger partial charge in [-0.1, -0.05) is 30.0 Å². The number of carbonyl (C=O) groups is 1. The summed E-state index contributed by atoms with van der Waals surface area (Å²) in [5.41, 5.74) is 0.831. The van der Waals surface area contributed by atoms with E-state index in [1.54, 1.807) is 13.2 Å². The lowest BCUT2D eigenvalue weighted by molar-refractivity contribution is -0.130. The van der Waals surface area contributed by atoms with Crippen LogP contribution in [0.2, 0.25) is 0 Å². The summed E-state index contributed by atoms with van der Waals surface area (Å²) in [5, 5.41) is 9.32. The minimum atomic E-state index is -2.90. The van der Waals surface area contributed by atoms with Crippen molar-refractivity contribution in [3.8, 4) is 17.1 Å². The van der Waals surface area contributed by atoms with E-state index in [4.69, 9.17) is 4.74 Å². The van der Waals surface area contributed by atoms with Crippen molar-refractivity contribution >= 4 is 27.5 Å². The van der Waals surface area contributed by atoms with Crippen molar-refractivity contribution in [2.45, 2.75) is 24.2 Å². The lowest BCUT2D eigenvalue weighted by Gasteiger charge is -2.37. The molecular weight excluding hydrogens is 462 g/mol. The topological polar surface area (TPSA) is 97.6 Å². The zero-order valence-electron chi connectivity index (χ0n) is 18.7. The molecule has 178 valence electrons. The summed E-state index contributed by atoms with van der Waals surface area (Å²) in [5.74, 6) is 2.20. The van der Waals surface area contributed by atoms with E-state index in [0.717, 1.165) is 5.56 Å².